The number of nitrogens with one attached hydrogen (secondary N) is 1. The Labute approximate surface area is 161 Å². The molecule has 1 heterocycles. The number of rotatable bonds is 6. The third-order valence-electron chi connectivity index (χ3n) is 5.15. The molecular weight excluding hydrogens is 400 g/mol. The molecule has 0 spiro atoms. The van der Waals surface area contributed by atoms with Gasteiger partial charge < -0.3 is 10.1 Å². The first-order valence-electron chi connectivity index (χ1n) is 8.74. The van der Waals surface area contributed by atoms with Crippen molar-refractivity contribution in [2.75, 3.05) is 12.0 Å². The number of ether oxygens (including phenoxy) is 1. The molecule has 0 saturated heterocycles. The Kier molecular flexibility index (Phi) is 4.86. The maximum atomic E-state index is 13.1. The van der Waals surface area contributed by atoms with Crippen LogP contribution in [0.15, 0.2) is 22.7 Å². The van der Waals surface area contributed by atoms with Crippen LogP contribution in [0.3, 0.4) is 0 Å². The van der Waals surface area contributed by atoms with Crippen molar-refractivity contribution in [2.24, 2.45) is 0 Å². The highest BCUT2D eigenvalue weighted by Gasteiger charge is 2.58. The van der Waals surface area contributed by atoms with Crippen molar-refractivity contribution < 1.29 is 19.1 Å². The predicted octanol–water partition coefficient (Wildman–Crippen LogP) is 3.02. The van der Waals surface area contributed by atoms with Crippen molar-refractivity contribution >= 4 is 39.4 Å². The molecule has 2 aliphatic rings. The minimum absolute atomic E-state index is 0.00189. The van der Waals surface area contributed by atoms with E-state index in [0.717, 1.165) is 28.6 Å². The fraction of sp³-hybridized carbons (Fsp3) is 0.526. The van der Waals surface area contributed by atoms with Crippen LogP contribution >= 0.6 is 15.9 Å². The Morgan fingerprint density at radius 2 is 1.96 bits per heavy atom. The van der Waals surface area contributed by atoms with Crippen molar-refractivity contribution in [1.82, 2.24) is 5.32 Å². The maximum Gasteiger partial charge on any atom is 0.305 e. The molecule has 26 heavy (non-hydrogen) atoms. The number of nitrogens with zero attached hydrogens (tertiary/aromatic N) is 1. The number of carbonyl (C=O) groups is 3. The molecule has 3 rings (SSSR count). The standard InChI is InChI=1S/C19H23BrN2O4/c1-18(2)13-11-12(20)7-8-14(13)22(17(18)25)19(9-10-19)21-15(23)5-4-6-16(24)26-3/h7-8,11H,4-6,9-10H2,1-3H3,(H,21,23). The molecule has 0 bridgehead atoms. The Morgan fingerprint density at radius 1 is 1.27 bits per heavy atom. The van der Waals surface area contributed by atoms with Crippen molar-refractivity contribution in [3.05, 3.63) is 28.2 Å². The number of anilines is 1. The molecule has 1 saturated carbocycles. The largest absolute Gasteiger partial charge is 0.469 e. The molecule has 0 aromatic heterocycles. The average molecular weight is 423 g/mol. The molecule has 7 heteroatoms. The summed E-state index contributed by atoms with van der Waals surface area (Å²) in [6, 6.07) is 5.81. The van der Waals surface area contributed by atoms with Crippen LogP contribution in [0.25, 0.3) is 0 Å². The van der Waals surface area contributed by atoms with E-state index < -0.39 is 11.1 Å². The van der Waals surface area contributed by atoms with Gasteiger partial charge >= 0.3 is 5.97 Å². The third-order valence-corrected chi connectivity index (χ3v) is 5.64. The summed E-state index contributed by atoms with van der Waals surface area (Å²) in [5.74, 6) is -0.476. The van der Waals surface area contributed by atoms with Gasteiger partial charge in [0.15, 0.2) is 0 Å². The van der Waals surface area contributed by atoms with Gasteiger partial charge in [0.05, 0.1) is 18.2 Å². The Hall–Kier alpha value is -1.89. The third kappa shape index (κ3) is 3.24. The fourth-order valence-electron chi connectivity index (χ4n) is 3.47. The Bertz CT molecular complexity index is 771. The second-order valence-electron chi connectivity index (χ2n) is 7.44. The molecule has 1 aliphatic heterocycles. The first-order valence-corrected chi connectivity index (χ1v) is 9.53. The fourth-order valence-corrected chi connectivity index (χ4v) is 3.83. The van der Waals surface area contributed by atoms with Crippen LogP contribution in [0.5, 0.6) is 0 Å². The van der Waals surface area contributed by atoms with E-state index in [9.17, 15) is 14.4 Å². The van der Waals surface area contributed by atoms with Crippen LogP contribution < -0.4 is 10.2 Å². The molecule has 1 aromatic rings. The van der Waals surface area contributed by atoms with E-state index in [1.165, 1.54) is 7.11 Å². The highest BCUT2D eigenvalue weighted by Crippen LogP contribution is 2.51. The zero-order valence-electron chi connectivity index (χ0n) is 15.2. The summed E-state index contributed by atoms with van der Waals surface area (Å²) in [6.45, 7) is 3.82. The van der Waals surface area contributed by atoms with Crippen LogP contribution in [0, 0.1) is 0 Å². The van der Waals surface area contributed by atoms with Gasteiger partial charge in [-0.1, -0.05) is 15.9 Å². The monoisotopic (exact) mass is 422 g/mol. The van der Waals surface area contributed by atoms with Gasteiger partial charge in [0, 0.05) is 17.3 Å². The summed E-state index contributed by atoms with van der Waals surface area (Å²) in [6.07, 6.45) is 2.33. The summed E-state index contributed by atoms with van der Waals surface area (Å²) in [7, 11) is 1.33. The topological polar surface area (TPSA) is 75.7 Å². The maximum absolute atomic E-state index is 13.1. The molecule has 140 valence electrons. The molecule has 1 aliphatic carbocycles. The van der Waals surface area contributed by atoms with E-state index in [1.807, 2.05) is 32.0 Å². The van der Waals surface area contributed by atoms with E-state index in [4.69, 9.17) is 0 Å². The van der Waals surface area contributed by atoms with Gasteiger partial charge in [-0.3, -0.25) is 19.3 Å². The van der Waals surface area contributed by atoms with E-state index >= 15 is 0 Å². The Balaban J connectivity index is 1.75. The van der Waals surface area contributed by atoms with Crippen molar-refractivity contribution in [3.63, 3.8) is 0 Å². The van der Waals surface area contributed by atoms with Crippen LogP contribution in [0.1, 0.15) is 51.5 Å². The zero-order chi connectivity index (χ0) is 19.1. The van der Waals surface area contributed by atoms with Gasteiger partial charge in [0.2, 0.25) is 11.8 Å². The van der Waals surface area contributed by atoms with Gasteiger partial charge in [-0.15, -0.1) is 0 Å². The highest BCUT2D eigenvalue weighted by molar-refractivity contribution is 9.10. The second kappa shape index (κ2) is 6.68. The number of methoxy groups -OCH3 is 1. The number of hydrogen-bond donors (Lipinski definition) is 1. The number of amides is 2. The van der Waals surface area contributed by atoms with Gasteiger partial charge in [-0.2, -0.15) is 0 Å². The van der Waals surface area contributed by atoms with E-state index in [0.29, 0.717) is 6.42 Å². The summed E-state index contributed by atoms with van der Waals surface area (Å²) in [5.41, 5.74) is 0.541. The van der Waals surface area contributed by atoms with Crippen LogP contribution in [-0.2, 0) is 24.5 Å². The quantitative estimate of drug-likeness (QED) is 0.714. The molecule has 2 amide bonds. The average Bonchev–Trinajstić information content (AvgIpc) is 3.31. The summed E-state index contributed by atoms with van der Waals surface area (Å²) >= 11 is 3.47. The van der Waals surface area contributed by atoms with E-state index in [2.05, 4.69) is 26.0 Å². The molecule has 0 atom stereocenters. The first-order chi connectivity index (χ1) is 12.2. The summed E-state index contributed by atoms with van der Waals surface area (Å²) in [4.78, 5) is 38.4. The lowest BCUT2D eigenvalue weighted by molar-refractivity contribution is -0.140. The van der Waals surface area contributed by atoms with E-state index in [-0.39, 0.29) is 30.6 Å². The number of hydrogen-bond acceptors (Lipinski definition) is 4. The zero-order valence-corrected chi connectivity index (χ0v) is 16.8. The SMILES string of the molecule is COC(=O)CCCC(=O)NC1(N2C(=O)C(C)(C)c3cc(Br)ccc32)CC1. The normalized spacial score (nSPS) is 19.1. The predicted molar refractivity (Wildman–Crippen MR) is 101 cm³/mol. The summed E-state index contributed by atoms with van der Waals surface area (Å²) < 4.78 is 5.51. The minimum atomic E-state index is -0.643. The minimum Gasteiger partial charge on any atom is -0.469 e. The molecule has 1 N–H and O–H groups in total. The molecule has 1 fully saturated rings. The van der Waals surface area contributed by atoms with E-state index in [1.54, 1.807) is 4.90 Å². The highest BCUT2D eigenvalue weighted by atomic mass is 79.9. The molecule has 0 unspecified atom stereocenters. The lowest BCUT2D eigenvalue weighted by atomic mass is 9.86. The van der Waals surface area contributed by atoms with Gasteiger partial charge in [-0.25, -0.2) is 0 Å². The van der Waals surface area contributed by atoms with Crippen LogP contribution in [0.2, 0.25) is 0 Å². The molecule has 0 radical (unpaired) electrons. The number of benzene rings is 1. The number of esters is 1. The summed E-state index contributed by atoms with van der Waals surface area (Å²) in [5, 5.41) is 3.03. The number of halogens is 1. The molecule has 6 nitrogen and oxygen atoms in total. The lowest BCUT2D eigenvalue weighted by Gasteiger charge is -2.31. The molecule has 1 aromatic carbocycles. The van der Waals surface area contributed by atoms with Crippen molar-refractivity contribution in [3.8, 4) is 0 Å². The number of carbonyl (C=O) groups excluding carboxylic acids is 3. The van der Waals surface area contributed by atoms with Crippen LogP contribution in [-0.4, -0.2) is 30.6 Å². The smallest absolute Gasteiger partial charge is 0.305 e. The molecular formula is C19H23BrN2O4. The van der Waals surface area contributed by atoms with Gasteiger partial charge in [0.1, 0.15) is 5.66 Å². The second-order valence-corrected chi connectivity index (χ2v) is 8.35. The Morgan fingerprint density at radius 3 is 2.58 bits per heavy atom. The van der Waals surface area contributed by atoms with Gasteiger partial charge in [0.25, 0.3) is 0 Å². The first kappa shape index (κ1) is 18.9. The van der Waals surface area contributed by atoms with Crippen LogP contribution in [0.4, 0.5) is 5.69 Å². The van der Waals surface area contributed by atoms with Crippen molar-refractivity contribution in [2.45, 2.75) is 57.0 Å². The number of fused-ring (bicyclic) bond motifs is 1. The lowest BCUT2D eigenvalue weighted by Crippen LogP contribution is -2.54. The van der Waals surface area contributed by atoms with Gasteiger partial charge in [-0.05, 0) is 56.9 Å². The van der Waals surface area contributed by atoms with Crippen molar-refractivity contribution in [1.29, 1.82) is 0 Å².